The summed E-state index contributed by atoms with van der Waals surface area (Å²) in [4.78, 5) is 8.23. The van der Waals surface area contributed by atoms with Gasteiger partial charge in [0.1, 0.15) is 5.82 Å². The number of aryl methyl sites for hydroxylation is 1. The smallest absolute Gasteiger partial charge is 0.220 e. The average molecular weight is 197 g/mol. The predicted octanol–water partition coefficient (Wildman–Crippen LogP) is 0.285. The first kappa shape index (κ1) is 8.62. The van der Waals surface area contributed by atoms with Crippen LogP contribution in [-0.4, -0.2) is 20.4 Å². The van der Waals surface area contributed by atoms with Crippen LogP contribution in [0, 0.1) is 0 Å². The van der Waals surface area contributed by atoms with E-state index in [-0.39, 0.29) is 0 Å². The van der Waals surface area contributed by atoms with Crippen molar-refractivity contribution < 1.29 is 4.21 Å². The second-order valence-electron chi connectivity index (χ2n) is 3.12. The van der Waals surface area contributed by atoms with Gasteiger partial charge in [-0.3, -0.25) is 4.21 Å². The zero-order chi connectivity index (χ0) is 9.42. The van der Waals surface area contributed by atoms with Crippen LogP contribution in [0.1, 0.15) is 17.7 Å². The van der Waals surface area contributed by atoms with E-state index < -0.39 is 10.8 Å². The van der Waals surface area contributed by atoms with Crippen LogP contribution in [0.5, 0.6) is 0 Å². The van der Waals surface area contributed by atoms with Crippen molar-refractivity contribution in [2.45, 2.75) is 24.4 Å². The summed E-state index contributed by atoms with van der Waals surface area (Å²) in [6, 6.07) is 0. The molecule has 1 aromatic heterocycles. The molecule has 70 valence electrons. The lowest BCUT2D eigenvalue weighted by Crippen LogP contribution is -2.06. The lowest BCUT2D eigenvalue weighted by Gasteiger charge is -2.03. The Bertz CT molecular complexity index is 378. The quantitative estimate of drug-likeness (QED) is 0.657. The SMILES string of the molecule is CS(=O)c1nc(N)c2c(n1)CCC2. The zero-order valence-electron chi connectivity index (χ0n) is 7.41. The highest BCUT2D eigenvalue weighted by atomic mass is 32.2. The maximum atomic E-state index is 11.1. The Morgan fingerprint density at radius 1 is 1.38 bits per heavy atom. The Morgan fingerprint density at radius 3 is 2.85 bits per heavy atom. The van der Waals surface area contributed by atoms with Gasteiger partial charge in [-0.1, -0.05) is 0 Å². The van der Waals surface area contributed by atoms with Gasteiger partial charge in [0.05, 0.1) is 16.5 Å². The third-order valence-corrected chi connectivity index (χ3v) is 2.90. The molecular formula is C8H11N3OS. The number of hydrogen-bond acceptors (Lipinski definition) is 4. The van der Waals surface area contributed by atoms with E-state index in [9.17, 15) is 4.21 Å². The number of aromatic nitrogens is 2. The van der Waals surface area contributed by atoms with Gasteiger partial charge in [0, 0.05) is 11.8 Å². The number of hydrogen-bond donors (Lipinski definition) is 1. The normalized spacial score (nSPS) is 17.0. The highest BCUT2D eigenvalue weighted by molar-refractivity contribution is 7.84. The molecule has 2 rings (SSSR count). The van der Waals surface area contributed by atoms with Crippen LogP contribution in [0.3, 0.4) is 0 Å². The lowest BCUT2D eigenvalue weighted by molar-refractivity contribution is 0.678. The van der Waals surface area contributed by atoms with Gasteiger partial charge in [0.2, 0.25) is 5.16 Å². The molecule has 0 radical (unpaired) electrons. The van der Waals surface area contributed by atoms with Crippen molar-refractivity contribution in [2.75, 3.05) is 12.0 Å². The van der Waals surface area contributed by atoms with E-state index in [1.54, 1.807) is 6.26 Å². The molecule has 2 N–H and O–H groups in total. The highest BCUT2D eigenvalue weighted by Gasteiger charge is 2.18. The van der Waals surface area contributed by atoms with Crippen molar-refractivity contribution in [3.8, 4) is 0 Å². The summed E-state index contributed by atoms with van der Waals surface area (Å²) >= 11 is 0. The first-order valence-corrected chi connectivity index (χ1v) is 5.73. The van der Waals surface area contributed by atoms with Crippen LogP contribution in [0.2, 0.25) is 0 Å². The summed E-state index contributed by atoms with van der Waals surface area (Å²) < 4.78 is 11.1. The number of nitrogens with two attached hydrogens (primary N) is 1. The Morgan fingerprint density at radius 2 is 2.15 bits per heavy atom. The van der Waals surface area contributed by atoms with Crippen LogP contribution in [0.4, 0.5) is 5.82 Å². The van der Waals surface area contributed by atoms with E-state index >= 15 is 0 Å². The predicted molar refractivity (Wildman–Crippen MR) is 50.8 cm³/mol. The topological polar surface area (TPSA) is 68.9 Å². The maximum absolute atomic E-state index is 11.1. The van der Waals surface area contributed by atoms with Crippen molar-refractivity contribution in [1.82, 2.24) is 9.97 Å². The average Bonchev–Trinajstić information content (AvgIpc) is 2.51. The largest absolute Gasteiger partial charge is 0.383 e. The third kappa shape index (κ3) is 1.44. The van der Waals surface area contributed by atoms with Crippen molar-refractivity contribution >= 4 is 16.6 Å². The van der Waals surface area contributed by atoms with Gasteiger partial charge in [-0.25, -0.2) is 9.97 Å². The van der Waals surface area contributed by atoms with Gasteiger partial charge < -0.3 is 5.73 Å². The van der Waals surface area contributed by atoms with Gasteiger partial charge in [-0.2, -0.15) is 0 Å². The second-order valence-corrected chi connectivity index (χ2v) is 4.40. The molecule has 0 aliphatic heterocycles. The molecule has 0 fully saturated rings. The lowest BCUT2D eigenvalue weighted by atomic mass is 10.2. The van der Waals surface area contributed by atoms with E-state index in [1.807, 2.05) is 0 Å². The van der Waals surface area contributed by atoms with Crippen molar-refractivity contribution in [3.63, 3.8) is 0 Å². The fraction of sp³-hybridized carbons (Fsp3) is 0.500. The standard InChI is InChI=1S/C8H11N3OS/c1-13(12)8-10-6-4-2-3-5(6)7(9)11-8/h2-4H2,1H3,(H2,9,10,11). The fourth-order valence-electron chi connectivity index (χ4n) is 1.57. The third-order valence-electron chi connectivity index (χ3n) is 2.20. The Labute approximate surface area is 79.0 Å². The zero-order valence-corrected chi connectivity index (χ0v) is 8.23. The molecule has 1 aliphatic rings. The molecule has 4 nitrogen and oxygen atoms in total. The molecule has 0 saturated carbocycles. The minimum absolute atomic E-state index is 0.359. The van der Waals surface area contributed by atoms with Gasteiger partial charge in [0.15, 0.2) is 0 Å². The van der Waals surface area contributed by atoms with Gasteiger partial charge in [0.25, 0.3) is 0 Å². The number of rotatable bonds is 1. The summed E-state index contributed by atoms with van der Waals surface area (Å²) in [5.41, 5.74) is 7.76. The molecule has 0 spiro atoms. The van der Waals surface area contributed by atoms with Gasteiger partial charge in [-0.15, -0.1) is 0 Å². The Kier molecular flexibility index (Phi) is 2.03. The molecule has 5 heteroatoms. The molecular weight excluding hydrogens is 186 g/mol. The van der Waals surface area contributed by atoms with E-state index in [0.717, 1.165) is 30.5 Å². The summed E-state index contributed by atoms with van der Waals surface area (Å²) in [5, 5.41) is 0.359. The van der Waals surface area contributed by atoms with Crippen LogP contribution in [0.15, 0.2) is 5.16 Å². The number of nitrogens with zero attached hydrogens (tertiary/aromatic N) is 2. The number of nitrogen functional groups attached to an aromatic ring is 1. The van der Waals surface area contributed by atoms with Crippen molar-refractivity contribution in [3.05, 3.63) is 11.3 Å². The Hall–Kier alpha value is -0.970. The second kappa shape index (κ2) is 3.06. The van der Waals surface area contributed by atoms with Crippen molar-refractivity contribution in [2.24, 2.45) is 0 Å². The molecule has 1 atom stereocenters. The van der Waals surface area contributed by atoms with E-state index in [0.29, 0.717) is 11.0 Å². The summed E-state index contributed by atoms with van der Waals surface area (Å²) in [7, 11) is -1.13. The van der Waals surface area contributed by atoms with E-state index in [1.165, 1.54) is 0 Å². The summed E-state index contributed by atoms with van der Waals surface area (Å²) in [6.45, 7) is 0. The van der Waals surface area contributed by atoms with Crippen LogP contribution in [0.25, 0.3) is 0 Å². The molecule has 0 amide bonds. The first-order chi connectivity index (χ1) is 6.18. The van der Waals surface area contributed by atoms with Crippen LogP contribution >= 0.6 is 0 Å². The molecule has 13 heavy (non-hydrogen) atoms. The molecule has 1 aliphatic carbocycles. The molecule has 1 heterocycles. The van der Waals surface area contributed by atoms with E-state index in [4.69, 9.17) is 5.73 Å². The van der Waals surface area contributed by atoms with Crippen molar-refractivity contribution in [1.29, 1.82) is 0 Å². The molecule has 1 unspecified atom stereocenters. The molecule has 1 aromatic rings. The fourth-order valence-corrected chi connectivity index (χ4v) is 2.03. The summed E-state index contributed by atoms with van der Waals surface area (Å²) in [5.74, 6) is 0.507. The number of fused-ring (bicyclic) bond motifs is 1. The van der Waals surface area contributed by atoms with Crippen LogP contribution in [-0.2, 0) is 23.6 Å². The Balaban J connectivity index is 2.55. The summed E-state index contributed by atoms with van der Waals surface area (Å²) in [6.07, 6.45) is 4.54. The van der Waals surface area contributed by atoms with E-state index in [2.05, 4.69) is 9.97 Å². The molecule has 0 bridgehead atoms. The minimum atomic E-state index is -1.13. The first-order valence-electron chi connectivity index (χ1n) is 4.17. The van der Waals surface area contributed by atoms with Gasteiger partial charge >= 0.3 is 0 Å². The molecule has 0 saturated heterocycles. The number of anilines is 1. The molecule has 0 aromatic carbocycles. The maximum Gasteiger partial charge on any atom is 0.220 e. The minimum Gasteiger partial charge on any atom is -0.383 e. The monoisotopic (exact) mass is 197 g/mol. The van der Waals surface area contributed by atoms with Gasteiger partial charge in [-0.05, 0) is 19.3 Å². The highest BCUT2D eigenvalue weighted by Crippen LogP contribution is 2.24. The van der Waals surface area contributed by atoms with Crippen LogP contribution < -0.4 is 5.73 Å².